The van der Waals surface area contributed by atoms with Gasteiger partial charge in [0.25, 0.3) is 5.91 Å². The SMILES string of the molecule is CNc1cnccc1C(=O)NCC(C)N1CCCC1. The van der Waals surface area contributed by atoms with Gasteiger partial charge in [-0.1, -0.05) is 0 Å². The summed E-state index contributed by atoms with van der Waals surface area (Å²) in [4.78, 5) is 18.6. The highest BCUT2D eigenvalue weighted by atomic mass is 16.1. The molecule has 0 radical (unpaired) electrons. The zero-order chi connectivity index (χ0) is 13.7. The van der Waals surface area contributed by atoms with Gasteiger partial charge < -0.3 is 10.6 Å². The predicted octanol–water partition coefficient (Wildman–Crippen LogP) is 1.34. The van der Waals surface area contributed by atoms with Crippen molar-refractivity contribution in [3.8, 4) is 0 Å². The molecule has 1 unspecified atom stereocenters. The van der Waals surface area contributed by atoms with Gasteiger partial charge in [0.1, 0.15) is 0 Å². The van der Waals surface area contributed by atoms with Crippen LogP contribution < -0.4 is 10.6 Å². The summed E-state index contributed by atoms with van der Waals surface area (Å²) in [6, 6.07) is 2.13. The molecule has 1 saturated heterocycles. The molecule has 1 aliphatic rings. The number of anilines is 1. The zero-order valence-corrected chi connectivity index (χ0v) is 11.6. The topological polar surface area (TPSA) is 57.3 Å². The number of hydrogen-bond acceptors (Lipinski definition) is 4. The highest BCUT2D eigenvalue weighted by Crippen LogP contribution is 2.13. The second-order valence-electron chi connectivity index (χ2n) is 4.97. The van der Waals surface area contributed by atoms with E-state index in [4.69, 9.17) is 0 Å². The Labute approximate surface area is 114 Å². The maximum atomic E-state index is 12.1. The number of carbonyl (C=O) groups excluding carboxylic acids is 1. The van der Waals surface area contributed by atoms with E-state index in [-0.39, 0.29) is 5.91 Å². The fraction of sp³-hybridized carbons (Fsp3) is 0.571. The van der Waals surface area contributed by atoms with Crippen molar-refractivity contribution in [3.63, 3.8) is 0 Å². The average Bonchev–Trinajstić information content (AvgIpc) is 2.98. The molecule has 0 aliphatic carbocycles. The molecule has 0 spiro atoms. The molecule has 2 rings (SSSR count). The van der Waals surface area contributed by atoms with Crippen LogP contribution in [0.15, 0.2) is 18.5 Å². The summed E-state index contributed by atoms with van der Waals surface area (Å²) in [6.45, 7) is 5.14. The largest absolute Gasteiger partial charge is 0.386 e. The van der Waals surface area contributed by atoms with Crippen LogP contribution in [0.2, 0.25) is 0 Å². The standard InChI is InChI=1S/C14H22N4O/c1-11(18-7-3-4-8-18)9-17-14(19)12-5-6-16-10-13(12)15-2/h5-6,10-11,15H,3-4,7-9H2,1-2H3,(H,17,19). The van der Waals surface area contributed by atoms with E-state index in [1.54, 1.807) is 25.5 Å². The minimum absolute atomic E-state index is 0.0437. The molecule has 0 bridgehead atoms. The Morgan fingerprint density at radius 2 is 2.21 bits per heavy atom. The summed E-state index contributed by atoms with van der Waals surface area (Å²) in [5.74, 6) is -0.0437. The number of nitrogens with zero attached hydrogens (tertiary/aromatic N) is 2. The Bertz CT molecular complexity index is 429. The molecule has 2 heterocycles. The van der Waals surface area contributed by atoms with Gasteiger partial charge >= 0.3 is 0 Å². The molecule has 1 atom stereocenters. The van der Waals surface area contributed by atoms with Gasteiger partial charge in [-0.05, 0) is 38.9 Å². The lowest BCUT2D eigenvalue weighted by Crippen LogP contribution is -2.40. The Morgan fingerprint density at radius 1 is 1.47 bits per heavy atom. The first kappa shape index (κ1) is 13.8. The fourth-order valence-electron chi connectivity index (χ4n) is 2.44. The molecular weight excluding hydrogens is 240 g/mol. The van der Waals surface area contributed by atoms with Crippen molar-refractivity contribution in [1.82, 2.24) is 15.2 Å². The zero-order valence-electron chi connectivity index (χ0n) is 11.6. The highest BCUT2D eigenvalue weighted by Gasteiger charge is 2.19. The van der Waals surface area contributed by atoms with Crippen molar-refractivity contribution < 1.29 is 4.79 Å². The number of nitrogens with one attached hydrogen (secondary N) is 2. The summed E-state index contributed by atoms with van der Waals surface area (Å²) in [6.07, 6.45) is 5.84. The van der Waals surface area contributed by atoms with Crippen LogP contribution in [-0.2, 0) is 0 Å². The normalized spacial score (nSPS) is 17.2. The number of amides is 1. The molecule has 1 aliphatic heterocycles. The predicted molar refractivity (Wildman–Crippen MR) is 76.4 cm³/mol. The molecule has 104 valence electrons. The number of pyridine rings is 1. The lowest BCUT2D eigenvalue weighted by atomic mass is 10.2. The van der Waals surface area contributed by atoms with Crippen LogP contribution in [0.4, 0.5) is 5.69 Å². The second kappa shape index (κ2) is 6.52. The summed E-state index contributed by atoms with van der Waals surface area (Å²) >= 11 is 0. The minimum Gasteiger partial charge on any atom is -0.386 e. The lowest BCUT2D eigenvalue weighted by molar-refractivity contribution is 0.0941. The van der Waals surface area contributed by atoms with Gasteiger partial charge in [-0.15, -0.1) is 0 Å². The number of aromatic nitrogens is 1. The monoisotopic (exact) mass is 262 g/mol. The Balaban J connectivity index is 1.90. The number of carbonyl (C=O) groups is 1. The second-order valence-corrected chi connectivity index (χ2v) is 4.97. The van der Waals surface area contributed by atoms with Crippen LogP contribution >= 0.6 is 0 Å². The van der Waals surface area contributed by atoms with E-state index in [0.29, 0.717) is 18.2 Å². The molecule has 1 aromatic rings. The van der Waals surface area contributed by atoms with Gasteiger partial charge in [0.05, 0.1) is 17.4 Å². The van der Waals surface area contributed by atoms with Crippen molar-refractivity contribution in [2.24, 2.45) is 0 Å². The molecule has 5 heteroatoms. The van der Waals surface area contributed by atoms with Crippen LogP contribution in [0.5, 0.6) is 0 Å². The van der Waals surface area contributed by atoms with Crippen molar-refractivity contribution in [1.29, 1.82) is 0 Å². The molecule has 1 amide bonds. The maximum absolute atomic E-state index is 12.1. The van der Waals surface area contributed by atoms with E-state index >= 15 is 0 Å². The van der Waals surface area contributed by atoms with Gasteiger partial charge in [-0.3, -0.25) is 14.7 Å². The molecule has 0 aromatic carbocycles. The van der Waals surface area contributed by atoms with E-state index in [1.165, 1.54) is 12.8 Å². The van der Waals surface area contributed by atoms with Crippen LogP contribution in [0.1, 0.15) is 30.1 Å². The van der Waals surface area contributed by atoms with E-state index in [1.807, 2.05) is 0 Å². The molecular formula is C14H22N4O. The Hall–Kier alpha value is -1.62. The Kier molecular flexibility index (Phi) is 4.74. The van der Waals surface area contributed by atoms with E-state index in [0.717, 1.165) is 18.8 Å². The number of hydrogen-bond donors (Lipinski definition) is 2. The smallest absolute Gasteiger partial charge is 0.253 e. The molecule has 19 heavy (non-hydrogen) atoms. The van der Waals surface area contributed by atoms with Crippen LogP contribution in [0.3, 0.4) is 0 Å². The van der Waals surface area contributed by atoms with Crippen molar-refractivity contribution >= 4 is 11.6 Å². The molecule has 2 N–H and O–H groups in total. The van der Waals surface area contributed by atoms with Crippen LogP contribution in [0.25, 0.3) is 0 Å². The third kappa shape index (κ3) is 3.44. The number of rotatable bonds is 5. The van der Waals surface area contributed by atoms with E-state index in [9.17, 15) is 4.79 Å². The Morgan fingerprint density at radius 3 is 2.89 bits per heavy atom. The van der Waals surface area contributed by atoms with Gasteiger partial charge in [0.2, 0.25) is 0 Å². The molecule has 1 aromatic heterocycles. The van der Waals surface area contributed by atoms with Crippen LogP contribution in [-0.4, -0.2) is 48.5 Å². The first-order valence-electron chi connectivity index (χ1n) is 6.86. The maximum Gasteiger partial charge on any atom is 0.253 e. The van der Waals surface area contributed by atoms with Crippen LogP contribution in [0, 0.1) is 0 Å². The third-order valence-electron chi connectivity index (χ3n) is 3.66. The molecule has 5 nitrogen and oxygen atoms in total. The van der Waals surface area contributed by atoms with Crippen molar-refractivity contribution in [2.75, 3.05) is 32.0 Å². The number of likely N-dealkylation sites (tertiary alicyclic amines) is 1. The van der Waals surface area contributed by atoms with Crippen molar-refractivity contribution in [2.45, 2.75) is 25.8 Å². The van der Waals surface area contributed by atoms with Gasteiger partial charge in [-0.25, -0.2) is 0 Å². The lowest BCUT2D eigenvalue weighted by Gasteiger charge is -2.24. The van der Waals surface area contributed by atoms with Gasteiger partial charge in [0.15, 0.2) is 0 Å². The average molecular weight is 262 g/mol. The summed E-state index contributed by atoms with van der Waals surface area (Å²) < 4.78 is 0. The fourth-order valence-corrected chi connectivity index (χ4v) is 2.44. The highest BCUT2D eigenvalue weighted by molar-refractivity contribution is 5.99. The molecule has 1 fully saturated rings. The summed E-state index contributed by atoms with van der Waals surface area (Å²) in [7, 11) is 1.79. The van der Waals surface area contributed by atoms with Gasteiger partial charge in [-0.2, -0.15) is 0 Å². The minimum atomic E-state index is -0.0437. The summed E-state index contributed by atoms with van der Waals surface area (Å²) in [5.41, 5.74) is 1.40. The quantitative estimate of drug-likeness (QED) is 0.840. The molecule has 0 saturated carbocycles. The third-order valence-corrected chi connectivity index (χ3v) is 3.66. The van der Waals surface area contributed by atoms with E-state index < -0.39 is 0 Å². The van der Waals surface area contributed by atoms with Crippen molar-refractivity contribution in [3.05, 3.63) is 24.0 Å². The van der Waals surface area contributed by atoms with E-state index in [2.05, 4.69) is 27.4 Å². The van der Waals surface area contributed by atoms with Gasteiger partial charge in [0, 0.05) is 25.8 Å². The summed E-state index contributed by atoms with van der Waals surface area (Å²) in [5, 5.41) is 5.99. The first-order valence-corrected chi connectivity index (χ1v) is 6.86. The first-order chi connectivity index (χ1) is 9.22.